The van der Waals surface area contributed by atoms with Gasteiger partial charge in [0.15, 0.2) is 0 Å². The standard InChI is InChI=1S/C12H18ClNS/c1-3-8-14-9-10-11(13)6-5-7-12(10)15-4-2/h5-7,14H,3-4,8-9H2,1-2H3. The van der Waals surface area contributed by atoms with E-state index >= 15 is 0 Å². The molecule has 0 radical (unpaired) electrons. The van der Waals surface area contributed by atoms with E-state index in [9.17, 15) is 0 Å². The fourth-order valence-corrected chi connectivity index (χ4v) is 2.53. The molecule has 1 N–H and O–H groups in total. The van der Waals surface area contributed by atoms with Crippen LogP contribution in [-0.2, 0) is 6.54 Å². The summed E-state index contributed by atoms with van der Waals surface area (Å²) < 4.78 is 0. The largest absolute Gasteiger partial charge is 0.313 e. The van der Waals surface area contributed by atoms with Gasteiger partial charge in [-0.15, -0.1) is 11.8 Å². The van der Waals surface area contributed by atoms with Crippen molar-refractivity contribution in [2.24, 2.45) is 0 Å². The molecule has 0 saturated carbocycles. The molecule has 0 aliphatic carbocycles. The van der Waals surface area contributed by atoms with E-state index in [0.717, 1.165) is 30.3 Å². The van der Waals surface area contributed by atoms with Gasteiger partial charge in [0.25, 0.3) is 0 Å². The van der Waals surface area contributed by atoms with Crippen LogP contribution in [0.5, 0.6) is 0 Å². The fourth-order valence-electron chi connectivity index (χ4n) is 1.39. The van der Waals surface area contributed by atoms with Crippen LogP contribution in [0, 0.1) is 0 Å². The molecule has 0 atom stereocenters. The fraction of sp³-hybridized carbons (Fsp3) is 0.500. The Hall–Kier alpha value is -0.180. The summed E-state index contributed by atoms with van der Waals surface area (Å²) in [6.07, 6.45) is 1.15. The average Bonchev–Trinajstić information content (AvgIpc) is 2.23. The topological polar surface area (TPSA) is 12.0 Å². The molecule has 1 aromatic rings. The molecule has 1 aromatic carbocycles. The highest BCUT2D eigenvalue weighted by Gasteiger charge is 2.05. The minimum atomic E-state index is 0.871. The van der Waals surface area contributed by atoms with Crippen molar-refractivity contribution in [3.63, 3.8) is 0 Å². The molecule has 1 nitrogen and oxygen atoms in total. The molecule has 0 saturated heterocycles. The summed E-state index contributed by atoms with van der Waals surface area (Å²) in [5.41, 5.74) is 1.24. The van der Waals surface area contributed by atoms with Crippen molar-refractivity contribution in [3.05, 3.63) is 28.8 Å². The molecule has 1 rings (SSSR count). The Morgan fingerprint density at radius 2 is 2.13 bits per heavy atom. The minimum absolute atomic E-state index is 0.871. The van der Waals surface area contributed by atoms with Crippen LogP contribution in [0.3, 0.4) is 0 Å². The highest BCUT2D eigenvalue weighted by Crippen LogP contribution is 2.28. The Bertz CT molecular complexity index is 302. The first-order chi connectivity index (χ1) is 7.29. The van der Waals surface area contributed by atoms with Crippen molar-refractivity contribution >= 4 is 23.4 Å². The van der Waals surface area contributed by atoms with Crippen LogP contribution in [0.2, 0.25) is 5.02 Å². The van der Waals surface area contributed by atoms with Crippen molar-refractivity contribution in [1.82, 2.24) is 5.32 Å². The lowest BCUT2D eigenvalue weighted by Gasteiger charge is -2.11. The molecule has 0 unspecified atom stereocenters. The van der Waals surface area contributed by atoms with Crippen molar-refractivity contribution in [3.8, 4) is 0 Å². The molecule has 0 aliphatic rings. The van der Waals surface area contributed by atoms with Gasteiger partial charge in [0.05, 0.1) is 0 Å². The molecule has 0 aliphatic heterocycles. The number of hydrogen-bond donors (Lipinski definition) is 1. The van der Waals surface area contributed by atoms with Gasteiger partial charge in [0, 0.05) is 16.5 Å². The predicted octanol–water partition coefficient (Wildman–Crippen LogP) is 3.95. The smallest absolute Gasteiger partial charge is 0.0462 e. The van der Waals surface area contributed by atoms with Gasteiger partial charge in [-0.2, -0.15) is 0 Å². The summed E-state index contributed by atoms with van der Waals surface area (Å²) in [4.78, 5) is 1.30. The van der Waals surface area contributed by atoms with E-state index in [1.54, 1.807) is 0 Å². The maximum Gasteiger partial charge on any atom is 0.0462 e. The average molecular weight is 244 g/mol. The first-order valence-corrected chi connectivity index (χ1v) is 6.76. The van der Waals surface area contributed by atoms with Crippen molar-refractivity contribution < 1.29 is 0 Å². The first kappa shape index (κ1) is 12.9. The quantitative estimate of drug-likeness (QED) is 0.600. The normalized spacial score (nSPS) is 10.6. The molecule has 3 heteroatoms. The van der Waals surface area contributed by atoms with E-state index in [0.29, 0.717) is 0 Å². The van der Waals surface area contributed by atoms with E-state index in [2.05, 4.69) is 25.2 Å². The maximum absolute atomic E-state index is 6.19. The van der Waals surface area contributed by atoms with Gasteiger partial charge in [-0.1, -0.05) is 31.5 Å². The summed E-state index contributed by atoms with van der Waals surface area (Å²) in [7, 11) is 0. The maximum atomic E-state index is 6.19. The van der Waals surface area contributed by atoms with E-state index in [1.165, 1.54) is 10.5 Å². The van der Waals surface area contributed by atoms with Gasteiger partial charge >= 0.3 is 0 Å². The summed E-state index contributed by atoms with van der Waals surface area (Å²) >= 11 is 8.04. The van der Waals surface area contributed by atoms with Gasteiger partial charge in [-0.3, -0.25) is 0 Å². The zero-order valence-corrected chi connectivity index (χ0v) is 10.9. The number of halogens is 1. The Kier molecular flexibility index (Phi) is 6.15. The molecule has 0 aromatic heterocycles. The third-order valence-electron chi connectivity index (χ3n) is 2.10. The highest BCUT2D eigenvalue weighted by atomic mass is 35.5. The molecule has 84 valence electrons. The van der Waals surface area contributed by atoms with Crippen LogP contribution >= 0.6 is 23.4 Å². The van der Waals surface area contributed by atoms with Gasteiger partial charge < -0.3 is 5.32 Å². The number of benzene rings is 1. The lowest BCUT2D eigenvalue weighted by Crippen LogP contribution is -2.14. The lowest BCUT2D eigenvalue weighted by atomic mass is 10.2. The van der Waals surface area contributed by atoms with Crippen molar-refractivity contribution in [2.45, 2.75) is 31.7 Å². The van der Waals surface area contributed by atoms with Crippen LogP contribution < -0.4 is 5.32 Å². The van der Waals surface area contributed by atoms with Crippen LogP contribution in [0.4, 0.5) is 0 Å². The SMILES string of the molecule is CCCNCc1c(Cl)cccc1SCC. The second kappa shape index (κ2) is 7.15. The number of nitrogens with one attached hydrogen (secondary N) is 1. The van der Waals surface area contributed by atoms with E-state index in [-0.39, 0.29) is 0 Å². The molecule has 0 bridgehead atoms. The summed E-state index contributed by atoms with van der Waals surface area (Å²) in [5.74, 6) is 1.08. The molecule has 0 amide bonds. The van der Waals surface area contributed by atoms with E-state index in [4.69, 9.17) is 11.6 Å². The molecular weight excluding hydrogens is 226 g/mol. The summed E-state index contributed by atoms with van der Waals surface area (Å²) in [6, 6.07) is 6.12. The molecule has 0 fully saturated rings. The Labute approximate surface area is 102 Å². The van der Waals surface area contributed by atoms with Crippen molar-refractivity contribution in [2.75, 3.05) is 12.3 Å². The number of thioether (sulfide) groups is 1. The number of hydrogen-bond acceptors (Lipinski definition) is 2. The minimum Gasteiger partial charge on any atom is -0.313 e. The van der Waals surface area contributed by atoms with Gasteiger partial charge in [-0.25, -0.2) is 0 Å². The summed E-state index contributed by atoms with van der Waals surface area (Å²) in [5, 5.41) is 4.27. The Balaban J connectivity index is 2.72. The van der Waals surface area contributed by atoms with Crippen LogP contribution in [0.15, 0.2) is 23.1 Å². The van der Waals surface area contributed by atoms with Gasteiger partial charge in [-0.05, 0) is 36.4 Å². The van der Waals surface area contributed by atoms with Gasteiger partial charge in [0.1, 0.15) is 0 Å². The predicted molar refractivity (Wildman–Crippen MR) is 69.8 cm³/mol. The molecule has 0 heterocycles. The first-order valence-electron chi connectivity index (χ1n) is 5.40. The van der Waals surface area contributed by atoms with Crippen LogP contribution in [-0.4, -0.2) is 12.3 Å². The molecular formula is C12H18ClNS. The molecule has 15 heavy (non-hydrogen) atoms. The summed E-state index contributed by atoms with van der Waals surface area (Å²) in [6.45, 7) is 6.24. The second-order valence-corrected chi connectivity index (χ2v) is 5.04. The van der Waals surface area contributed by atoms with E-state index in [1.807, 2.05) is 23.9 Å². The third-order valence-corrected chi connectivity index (χ3v) is 3.44. The van der Waals surface area contributed by atoms with Gasteiger partial charge in [0.2, 0.25) is 0 Å². The lowest BCUT2D eigenvalue weighted by molar-refractivity contribution is 0.669. The monoisotopic (exact) mass is 243 g/mol. The van der Waals surface area contributed by atoms with Crippen molar-refractivity contribution in [1.29, 1.82) is 0 Å². The number of rotatable bonds is 6. The zero-order valence-electron chi connectivity index (χ0n) is 9.35. The van der Waals surface area contributed by atoms with E-state index < -0.39 is 0 Å². The van der Waals surface area contributed by atoms with Crippen LogP contribution in [0.1, 0.15) is 25.8 Å². The van der Waals surface area contributed by atoms with Crippen LogP contribution in [0.25, 0.3) is 0 Å². The molecule has 0 spiro atoms. The highest BCUT2D eigenvalue weighted by molar-refractivity contribution is 7.99. The third kappa shape index (κ3) is 4.06. The zero-order chi connectivity index (χ0) is 11.1. The Morgan fingerprint density at radius 3 is 2.80 bits per heavy atom. The Morgan fingerprint density at radius 1 is 1.33 bits per heavy atom. The second-order valence-electron chi connectivity index (χ2n) is 3.33.